The Morgan fingerprint density at radius 2 is 1.81 bits per heavy atom. The Labute approximate surface area is 128 Å². The highest BCUT2D eigenvalue weighted by Crippen LogP contribution is 2.27. The van der Waals surface area contributed by atoms with E-state index in [4.69, 9.17) is 10.5 Å². The molecule has 1 aromatic rings. The number of nitrogens with two attached hydrogens (primary N) is 1. The maximum absolute atomic E-state index is 6.24. The van der Waals surface area contributed by atoms with Gasteiger partial charge in [-0.1, -0.05) is 18.9 Å². The number of nitrogens with zero attached hydrogens (tertiary/aromatic N) is 1. The van der Waals surface area contributed by atoms with E-state index in [1.165, 1.54) is 50.6 Å². The van der Waals surface area contributed by atoms with Crippen molar-refractivity contribution in [3.05, 3.63) is 24.3 Å². The van der Waals surface area contributed by atoms with Crippen LogP contribution in [0, 0.1) is 0 Å². The Hall–Kier alpha value is -1.22. The minimum atomic E-state index is 0.310. The lowest BCUT2D eigenvalue weighted by Gasteiger charge is -2.33. The molecule has 1 aliphatic heterocycles. The highest BCUT2D eigenvalue weighted by molar-refractivity contribution is 5.51. The van der Waals surface area contributed by atoms with Gasteiger partial charge < -0.3 is 15.4 Å². The largest absolute Gasteiger partial charge is 0.490 e. The summed E-state index contributed by atoms with van der Waals surface area (Å²) in [5, 5.41) is 0. The molecule has 0 radical (unpaired) electrons. The lowest BCUT2D eigenvalue weighted by Crippen LogP contribution is -2.42. The van der Waals surface area contributed by atoms with Gasteiger partial charge in [0.05, 0.1) is 6.10 Å². The summed E-state index contributed by atoms with van der Waals surface area (Å²) in [5.74, 6) is 1.03. The molecule has 1 saturated carbocycles. The molecule has 2 aliphatic rings. The van der Waals surface area contributed by atoms with Crippen molar-refractivity contribution in [2.75, 3.05) is 18.0 Å². The summed E-state index contributed by atoms with van der Waals surface area (Å²) in [6.45, 7) is 2.08. The Bertz CT molecular complexity index is 441. The van der Waals surface area contributed by atoms with Gasteiger partial charge in [-0.05, 0) is 50.7 Å². The summed E-state index contributed by atoms with van der Waals surface area (Å²) in [7, 11) is 0. The minimum absolute atomic E-state index is 0.310. The fraction of sp³-hybridized carbons (Fsp3) is 0.667. The highest BCUT2D eigenvalue weighted by Gasteiger charge is 2.18. The molecule has 21 heavy (non-hydrogen) atoms. The first-order valence-corrected chi connectivity index (χ1v) is 8.58. The molecule has 1 saturated heterocycles. The molecule has 0 aromatic heterocycles. The highest BCUT2D eigenvalue weighted by atomic mass is 16.5. The molecule has 1 heterocycles. The van der Waals surface area contributed by atoms with Gasteiger partial charge in [0.1, 0.15) is 5.75 Å². The van der Waals surface area contributed by atoms with Crippen molar-refractivity contribution in [3.8, 4) is 5.75 Å². The quantitative estimate of drug-likeness (QED) is 0.862. The van der Waals surface area contributed by atoms with Crippen LogP contribution in [0.25, 0.3) is 0 Å². The number of ether oxygens (including phenoxy) is 1. The van der Waals surface area contributed by atoms with Crippen molar-refractivity contribution in [1.82, 2.24) is 0 Å². The van der Waals surface area contributed by atoms with Crippen LogP contribution in [-0.2, 0) is 0 Å². The molecule has 0 bridgehead atoms. The third-order valence-electron chi connectivity index (χ3n) is 4.75. The van der Waals surface area contributed by atoms with Gasteiger partial charge in [-0.2, -0.15) is 0 Å². The summed E-state index contributed by atoms with van der Waals surface area (Å²) in [5.41, 5.74) is 7.35. The molecular weight excluding hydrogens is 260 g/mol. The number of benzene rings is 1. The number of piperidine rings is 1. The lowest BCUT2D eigenvalue weighted by atomic mass is 10.1. The summed E-state index contributed by atoms with van der Waals surface area (Å²) in [6, 6.07) is 8.89. The summed E-state index contributed by atoms with van der Waals surface area (Å²) >= 11 is 0. The normalized spacial score (nSPS) is 24.6. The first kappa shape index (κ1) is 14.7. The zero-order valence-electron chi connectivity index (χ0n) is 13.0. The van der Waals surface area contributed by atoms with Crippen molar-refractivity contribution in [3.63, 3.8) is 0 Å². The maximum atomic E-state index is 6.24. The van der Waals surface area contributed by atoms with Crippen LogP contribution in [0.2, 0.25) is 0 Å². The lowest BCUT2D eigenvalue weighted by molar-refractivity contribution is 0.184. The van der Waals surface area contributed by atoms with Crippen molar-refractivity contribution in [1.29, 1.82) is 0 Å². The molecule has 1 aromatic carbocycles. The molecular formula is C18H28N2O. The average molecular weight is 288 g/mol. The molecule has 3 rings (SSSR count). The number of hydrogen-bond donors (Lipinski definition) is 1. The predicted octanol–water partition coefficient (Wildman–Crippen LogP) is 3.72. The van der Waals surface area contributed by atoms with Crippen LogP contribution in [0.1, 0.15) is 51.4 Å². The van der Waals surface area contributed by atoms with Crippen molar-refractivity contribution >= 4 is 5.69 Å². The van der Waals surface area contributed by atoms with Gasteiger partial charge in [0, 0.05) is 30.9 Å². The Balaban J connectivity index is 1.64. The standard InChI is InChI=1S/C18H28N2O/c19-15-7-6-12-20(14-15)16-8-5-11-18(13-16)21-17-9-3-1-2-4-10-17/h5,8,11,13,15,17H,1-4,6-7,9-10,12,14,19H2. The maximum Gasteiger partial charge on any atom is 0.121 e. The second kappa shape index (κ2) is 7.17. The van der Waals surface area contributed by atoms with Crippen LogP contribution in [0.15, 0.2) is 24.3 Å². The van der Waals surface area contributed by atoms with E-state index in [-0.39, 0.29) is 0 Å². The molecule has 1 atom stereocenters. The number of anilines is 1. The third-order valence-corrected chi connectivity index (χ3v) is 4.75. The monoisotopic (exact) mass is 288 g/mol. The molecule has 1 aliphatic carbocycles. The number of hydrogen-bond acceptors (Lipinski definition) is 3. The molecule has 3 heteroatoms. The van der Waals surface area contributed by atoms with Crippen LogP contribution >= 0.6 is 0 Å². The first-order chi connectivity index (χ1) is 10.3. The van der Waals surface area contributed by atoms with Gasteiger partial charge in [0.15, 0.2) is 0 Å². The third kappa shape index (κ3) is 4.13. The SMILES string of the molecule is NC1CCCN(c2cccc(OC3CCCCCC3)c2)C1. The van der Waals surface area contributed by atoms with E-state index in [1.54, 1.807) is 0 Å². The molecule has 116 valence electrons. The molecule has 2 fully saturated rings. The van der Waals surface area contributed by atoms with Gasteiger partial charge in [0.25, 0.3) is 0 Å². The van der Waals surface area contributed by atoms with Crippen LogP contribution in [0.3, 0.4) is 0 Å². The Kier molecular flexibility index (Phi) is 5.02. The summed E-state index contributed by atoms with van der Waals surface area (Å²) < 4.78 is 6.24. The van der Waals surface area contributed by atoms with Crippen LogP contribution in [0.4, 0.5) is 5.69 Å². The van der Waals surface area contributed by atoms with E-state index in [1.807, 2.05) is 0 Å². The van der Waals surface area contributed by atoms with Crippen molar-refractivity contribution in [2.45, 2.75) is 63.5 Å². The molecule has 3 nitrogen and oxygen atoms in total. The zero-order chi connectivity index (χ0) is 14.5. The zero-order valence-corrected chi connectivity index (χ0v) is 13.0. The first-order valence-electron chi connectivity index (χ1n) is 8.58. The van der Waals surface area contributed by atoms with E-state index >= 15 is 0 Å². The molecule has 1 unspecified atom stereocenters. The van der Waals surface area contributed by atoms with Gasteiger partial charge >= 0.3 is 0 Å². The second-order valence-electron chi connectivity index (χ2n) is 6.58. The van der Waals surface area contributed by atoms with Crippen LogP contribution < -0.4 is 15.4 Å². The molecule has 0 amide bonds. The van der Waals surface area contributed by atoms with E-state index in [0.717, 1.165) is 25.3 Å². The summed E-state index contributed by atoms with van der Waals surface area (Å²) in [6.07, 6.45) is 10.5. The fourth-order valence-corrected chi connectivity index (χ4v) is 3.55. The van der Waals surface area contributed by atoms with E-state index in [9.17, 15) is 0 Å². The van der Waals surface area contributed by atoms with Crippen molar-refractivity contribution < 1.29 is 4.74 Å². The van der Waals surface area contributed by atoms with Gasteiger partial charge in [-0.3, -0.25) is 0 Å². The summed E-state index contributed by atoms with van der Waals surface area (Å²) in [4.78, 5) is 2.40. The average Bonchev–Trinajstić information content (AvgIpc) is 2.76. The molecule has 0 spiro atoms. The Morgan fingerprint density at radius 3 is 2.57 bits per heavy atom. The fourth-order valence-electron chi connectivity index (χ4n) is 3.55. The smallest absolute Gasteiger partial charge is 0.121 e. The van der Waals surface area contributed by atoms with E-state index < -0.39 is 0 Å². The topological polar surface area (TPSA) is 38.5 Å². The molecule has 2 N–H and O–H groups in total. The van der Waals surface area contributed by atoms with Crippen LogP contribution in [-0.4, -0.2) is 25.2 Å². The van der Waals surface area contributed by atoms with E-state index in [0.29, 0.717) is 12.1 Å². The Morgan fingerprint density at radius 1 is 1.00 bits per heavy atom. The predicted molar refractivity (Wildman–Crippen MR) is 88.0 cm³/mol. The van der Waals surface area contributed by atoms with Gasteiger partial charge in [-0.15, -0.1) is 0 Å². The van der Waals surface area contributed by atoms with Gasteiger partial charge in [-0.25, -0.2) is 0 Å². The minimum Gasteiger partial charge on any atom is -0.490 e. The second-order valence-corrected chi connectivity index (χ2v) is 6.58. The van der Waals surface area contributed by atoms with Crippen molar-refractivity contribution in [2.24, 2.45) is 5.73 Å². The van der Waals surface area contributed by atoms with E-state index in [2.05, 4.69) is 29.2 Å². The van der Waals surface area contributed by atoms with Gasteiger partial charge in [0.2, 0.25) is 0 Å². The number of rotatable bonds is 3. The van der Waals surface area contributed by atoms with Crippen LogP contribution in [0.5, 0.6) is 5.75 Å².